The van der Waals surface area contributed by atoms with E-state index < -0.39 is 12.2 Å². The Bertz CT molecular complexity index is 132. The molecular weight excluding hydrogens is 178 g/mol. The first-order valence-corrected chi connectivity index (χ1v) is 5.09. The zero-order valence-electron chi connectivity index (χ0n) is 7.37. The van der Waals surface area contributed by atoms with E-state index in [0.717, 1.165) is 5.75 Å². The summed E-state index contributed by atoms with van der Waals surface area (Å²) >= 11 is 1.67. The fraction of sp³-hybridized carbons (Fsp3) is 0.857. The summed E-state index contributed by atoms with van der Waals surface area (Å²) in [5.41, 5.74) is 0. The first kappa shape index (κ1) is 11.6. The van der Waals surface area contributed by atoms with E-state index in [-0.39, 0.29) is 6.54 Å². The first-order valence-electron chi connectivity index (χ1n) is 3.69. The summed E-state index contributed by atoms with van der Waals surface area (Å²) in [6, 6.07) is 0. The molecule has 1 unspecified atom stereocenters. The van der Waals surface area contributed by atoms with Crippen molar-refractivity contribution in [2.75, 3.05) is 25.7 Å². The third-order valence-corrected chi connectivity index (χ3v) is 1.97. The van der Waals surface area contributed by atoms with Gasteiger partial charge in [-0.3, -0.25) is 0 Å². The van der Waals surface area contributed by atoms with Gasteiger partial charge in [0.05, 0.1) is 13.2 Å². The van der Waals surface area contributed by atoms with Crippen molar-refractivity contribution in [3.63, 3.8) is 0 Å². The van der Waals surface area contributed by atoms with Crippen molar-refractivity contribution in [2.24, 2.45) is 0 Å². The normalized spacial score (nSPS) is 12.2. The minimum atomic E-state index is -0.502. The van der Waals surface area contributed by atoms with E-state index in [1.807, 2.05) is 6.26 Å². The molecule has 0 aliphatic rings. The minimum Gasteiger partial charge on any atom is -0.453 e. The van der Waals surface area contributed by atoms with Crippen LogP contribution in [0.2, 0.25) is 0 Å². The van der Waals surface area contributed by atoms with Crippen LogP contribution in [0.3, 0.4) is 0 Å². The van der Waals surface area contributed by atoms with Gasteiger partial charge in [-0.15, -0.1) is 0 Å². The number of rotatable bonds is 5. The largest absolute Gasteiger partial charge is 0.453 e. The van der Waals surface area contributed by atoms with Crippen molar-refractivity contribution in [3.05, 3.63) is 0 Å². The average molecular weight is 193 g/mol. The molecule has 0 spiro atoms. The fourth-order valence-electron chi connectivity index (χ4n) is 0.629. The lowest BCUT2D eigenvalue weighted by Crippen LogP contribution is -2.32. The molecule has 0 aromatic rings. The molecule has 5 heteroatoms. The number of thioether (sulfide) groups is 1. The van der Waals surface area contributed by atoms with Crippen molar-refractivity contribution >= 4 is 17.9 Å². The van der Waals surface area contributed by atoms with Crippen LogP contribution in [-0.2, 0) is 4.74 Å². The highest BCUT2D eigenvalue weighted by Gasteiger charge is 2.05. The van der Waals surface area contributed by atoms with Crippen LogP contribution in [0.15, 0.2) is 0 Å². The predicted octanol–water partition coefficient (Wildman–Crippen LogP) is 0.456. The van der Waals surface area contributed by atoms with Gasteiger partial charge in [0.1, 0.15) is 0 Å². The maximum absolute atomic E-state index is 10.5. The van der Waals surface area contributed by atoms with Gasteiger partial charge < -0.3 is 15.2 Å². The number of nitrogens with one attached hydrogen (secondary N) is 1. The molecule has 1 atom stereocenters. The molecule has 0 aromatic heterocycles. The lowest BCUT2D eigenvalue weighted by atomic mass is 10.3. The van der Waals surface area contributed by atoms with Crippen LogP contribution in [-0.4, -0.2) is 43.0 Å². The zero-order chi connectivity index (χ0) is 9.40. The highest BCUT2D eigenvalue weighted by Crippen LogP contribution is 1.99. The lowest BCUT2D eigenvalue weighted by molar-refractivity contribution is 0.145. The molecule has 0 heterocycles. The van der Waals surface area contributed by atoms with Gasteiger partial charge >= 0.3 is 6.09 Å². The highest BCUT2D eigenvalue weighted by atomic mass is 32.2. The second-order valence-electron chi connectivity index (χ2n) is 2.31. The summed E-state index contributed by atoms with van der Waals surface area (Å²) in [6.07, 6.45) is 1.68. The van der Waals surface area contributed by atoms with Gasteiger partial charge in [-0.2, -0.15) is 11.8 Å². The number of hydrogen-bond donors (Lipinski definition) is 2. The van der Waals surface area contributed by atoms with Gasteiger partial charge in [-0.1, -0.05) is 0 Å². The van der Waals surface area contributed by atoms with Crippen LogP contribution in [0, 0.1) is 0 Å². The second kappa shape index (κ2) is 7.24. The molecule has 0 rings (SSSR count). The van der Waals surface area contributed by atoms with Gasteiger partial charge in [-0.25, -0.2) is 4.79 Å². The van der Waals surface area contributed by atoms with Crippen molar-refractivity contribution in [1.82, 2.24) is 5.32 Å². The van der Waals surface area contributed by atoms with Crippen LogP contribution in [0.5, 0.6) is 0 Å². The number of methoxy groups -OCH3 is 1. The Balaban J connectivity index is 3.30. The maximum atomic E-state index is 10.5. The second-order valence-corrected chi connectivity index (χ2v) is 3.29. The lowest BCUT2D eigenvalue weighted by Gasteiger charge is -2.09. The highest BCUT2D eigenvalue weighted by molar-refractivity contribution is 7.98. The molecule has 0 aliphatic heterocycles. The Morgan fingerprint density at radius 1 is 1.75 bits per heavy atom. The molecule has 0 saturated carbocycles. The Hall–Kier alpha value is -0.420. The monoisotopic (exact) mass is 193 g/mol. The van der Waals surface area contributed by atoms with E-state index in [0.29, 0.717) is 6.42 Å². The zero-order valence-corrected chi connectivity index (χ0v) is 8.19. The molecule has 0 aromatic carbocycles. The Morgan fingerprint density at radius 2 is 2.42 bits per heavy atom. The van der Waals surface area contributed by atoms with Crippen molar-refractivity contribution in [3.8, 4) is 0 Å². The molecule has 0 fully saturated rings. The van der Waals surface area contributed by atoms with Crippen LogP contribution < -0.4 is 5.32 Å². The number of hydrogen-bond acceptors (Lipinski definition) is 4. The average Bonchev–Trinajstić information content (AvgIpc) is 2.10. The molecule has 12 heavy (non-hydrogen) atoms. The smallest absolute Gasteiger partial charge is 0.406 e. The predicted molar refractivity (Wildman–Crippen MR) is 49.4 cm³/mol. The summed E-state index contributed by atoms with van der Waals surface area (Å²) in [5.74, 6) is 0.893. The molecule has 1 amide bonds. The molecule has 0 radical (unpaired) electrons. The summed E-state index contributed by atoms with van der Waals surface area (Å²) in [5, 5.41) is 11.7. The Kier molecular flexibility index (Phi) is 6.99. The number of alkyl carbamates (subject to hydrolysis) is 1. The quantitative estimate of drug-likeness (QED) is 0.666. The van der Waals surface area contributed by atoms with Gasteiger partial charge in [-0.05, 0) is 18.4 Å². The van der Waals surface area contributed by atoms with Crippen LogP contribution in [0.1, 0.15) is 6.42 Å². The third-order valence-electron chi connectivity index (χ3n) is 1.32. The molecular formula is C7H15NO3S. The maximum Gasteiger partial charge on any atom is 0.406 e. The SMILES string of the molecule is COC(=O)NCC(O)CCSC. The number of aliphatic hydroxyl groups excluding tert-OH is 1. The summed E-state index contributed by atoms with van der Waals surface area (Å²) in [6.45, 7) is 0.257. The van der Waals surface area contributed by atoms with Gasteiger partial charge in [0.15, 0.2) is 0 Å². The number of carbonyl (C=O) groups is 1. The van der Waals surface area contributed by atoms with Crippen LogP contribution in [0.25, 0.3) is 0 Å². The van der Waals surface area contributed by atoms with Crippen molar-refractivity contribution in [2.45, 2.75) is 12.5 Å². The van der Waals surface area contributed by atoms with Gasteiger partial charge in [0, 0.05) is 6.54 Å². The molecule has 0 bridgehead atoms. The van der Waals surface area contributed by atoms with E-state index in [4.69, 9.17) is 0 Å². The molecule has 2 N–H and O–H groups in total. The van der Waals surface area contributed by atoms with Gasteiger partial charge in [0.2, 0.25) is 0 Å². The van der Waals surface area contributed by atoms with Crippen molar-refractivity contribution in [1.29, 1.82) is 0 Å². The van der Waals surface area contributed by atoms with Gasteiger partial charge in [0.25, 0.3) is 0 Å². The summed E-state index contributed by atoms with van der Waals surface area (Å²) in [4.78, 5) is 10.5. The summed E-state index contributed by atoms with van der Waals surface area (Å²) in [7, 11) is 1.30. The molecule has 0 aliphatic carbocycles. The van der Waals surface area contributed by atoms with E-state index in [9.17, 15) is 9.90 Å². The molecule has 72 valence electrons. The third kappa shape index (κ3) is 6.30. The number of aliphatic hydroxyl groups is 1. The topological polar surface area (TPSA) is 58.6 Å². The van der Waals surface area contributed by atoms with Crippen LogP contribution >= 0.6 is 11.8 Å². The van der Waals surface area contributed by atoms with E-state index in [2.05, 4.69) is 10.1 Å². The number of carbonyl (C=O) groups excluding carboxylic acids is 1. The van der Waals surface area contributed by atoms with E-state index in [1.165, 1.54) is 7.11 Å². The standard InChI is InChI=1S/C7H15NO3S/c1-11-7(10)8-5-6(9)3-4-12-2/h6,9H,3-5H2,1-2H3,(H,8,10). The van der Waals surface area contributed by atoms with E-state index in [1.54, 1.807) is 11.8 Å². The Morgan fingerprint density at radius 3 is 2.92 bits per heavy atom. The Labute approximate surface area is 76.7 Å². The molecule has 4 nitrogen and oxygen atoms in total. The van der Waals surface area contributed by atoms with E-state index >= 15 is 0 Å². The summed E-state index contributed by atoms with van der Waals surface area (Å²) < 4.78 is 4.34. The van der Waals surface area contributed by atoms with Crippen LogP contribution in [0.4, 0.5) is 4.79 Å². The fourth-order valence-corrected chi connectivity index (χ4v) is 1.14. The molecule has 0 saturated heterocycles. The number of amides is 1. The first-order chi connectivity index (χ1) is 5.70. The minimum absolute atomic E-state index is 0.257. The number of ether oxygens (including phenoxy) is 1. The van der Waals surface area contributed by atoms with Crippen molar-refractivity contribution < 1.29 is 14.6 Å².